The van der Waals surface area contributed by atoms with Crippen molar-refractivity contribution >= 4 is 23.1 Å². The number of ether oxygens (including phenoxy) is 1. The monoisotopic (exact) mass is 458 g/mol. The first kappa shape index (κ1) is 22.7. The minimum atomic E-state index is -0.141. The number of benzene rings is 2. The summed E-state index contributed by atoms with van der Waals surface area (Å²) in [5, 5.41) is 0. The fourth-order valence-corrected chi connectivity index (χ4v) is 5.60. The van der Waals surface area contributed by atoms with Gasteiger partial charge in [-0.2, -0.15) is 0 Å². The number of rotatable bonds is 6. The van der Waals surface area contributed by atoms with Crippen LogP contribution in [0.3, 0.4) is 0 Å². The van der Waals surface area contributed by atoms with E-state index >= 15 is 0 Å². The molecule has 1 fully saturated rings. The molecular weight excluding hydrogens is 424 g/mol. The predicted molar refractivity (Wildman–Crippen MR) is 135 cm³/mol. The van der Waals surface area contributed by atoms with Gasteiger partial charge < -0.3 is 9.64 Å². The summed E-state index contributed by atoms with van der Waals surface area (Å²) in [6.07, 6.45) is 9.20. The van der Waals surface area contributed by atoms with Crippen molar-refractivity contribution in [3.63, 3.8) is 0 Å². The van der Waals surface area contributed by atoms with Crippen LogP contribution in [0.4, 0.5) is 5.69 Å². The second-order valence-electron chi connectivity index (χ2n) is 9.61. The van der Waals surface area contributed by atoms with Crippen molar-refractivity contribution < 1.29 is 14.3 Å². The van der Waals surface area contributed by atoms with Crippen LogP contribution in [-0.4, -0.2) is 35.9 Å². The molecule has 2 aromatic carbocycles. The lowest BCUT2D eigenvalue weighted by molar-refractivity contribution is -0.139. The normalized spacial score (nSPS) is 19.4. The summed E-state index contributed by atoms with van der Waals surface area (Å²) in [7, 11) is 0. The molecule has 3 aliphatic rings. The number of amides is 2. The lowest BCUT2D eigenvalue weighted by Crippen LogP contribution is -2.43. The van der Waals surface area contributed by atoms with Gasteiger partial charge in [0.2, 0.25) is 0 Å². The summed E-state index contributed by atoms with van der Waals surface area (Å²) in [6.45, 7) is 3.47. The second kappa shape index (κ2) is 10.0. The van der Waals surface area contributed by atoms with E-state index in [1.54, 1.807) is 4.90 Å². The maximum atomic E-state index is 14.0. The standard InChI is InChI=1S/C29H34N2O3/c1-2-20-34-24-17-15-22(16-18-24)26-27(30-19-9-11-21-10-7-8-14-25(21)30)29(33)31(28(26)32)23-12-5-3-4-6-13-23/h7-8,10,14-18,23H,2-6,9,11-13,19-20H2,1H3. The van der Waals surface area contributed by atoms with Gasteiger partial charge in [-0.25, -0.2) is 0 Å². The topological polar surface area (TPSA) is 49.9 Å². The first-order chi connectivity index (χ1) is 16.7. The summed E-state index contributed by atoms with van der Waals surface area (Å²) in [6, 6.07) is 15.9. The molecular formula is C29H34N2O3. The van der Waals surface area contributed by atoms with Gasteiger partial charge in [-0.1, -0.05) is 62.9 Å². The minimum Gasteiger partial charge on any atom is -0.494 e. The molecule has 0 unspecified atom stereocenters. The van der Waals surface area contributed by atoms with Crippen LogP contribution in [0.25, 0.3) is 5.57 Å². The van der Waals surface area contributed by atoms with Gasteiger partial charge in [0.05, 0.1) is 12.2 Å². The number of fused-ring (bicyclic) bond motifs is 1. The summed E-state index contributed by atoms with van der Waals surface area (Å²) >= 11 is 0. The summed E-state index contributed by atoms with van der Waals surface area (Å²) in [4.78, 5) is 31.6. The van der Waals surface area contributed by atoms with Gasteiger partial charge in [0.1, 0.15) is 11.4 Å². The first-order valence-electron chi connectivity index (χ1n) is 12.9. The first-order valence-corrected chi connectivity index (χ1v) is 12.9. The molecule has 0 atom stereocenters. The zero-order valence-electron chi connectivity index (χ0n) is 20.1. The highest BCUT2D eigenvalue weighted by Crippen LogP contribution is 2.40. The minimum absolute atomic E-state index is 0.0119. The maximum Gasteiger partial charge on any atom is 0.278 e. The highest BCUT2D eigenvalue weighted by Gasteiger charge is 2.45. The summed E-state index contributed by atoms with van der Waals surface area (Å²) < 4.78 is 5.75. The van der Waals surface area contributed by atoms with Crippen molar-refractivity contribution in [1.29, 1.82) is 0 Å². The fraction of sp³-hybridized carbons (Fsp3) is 0.448. The van der Waals surface area contributed by atoms with Crippen LogP contribution in [0.2, 0.25) is 0 Å². The Kier molecular flexibility index (Phi) is 6.70. The quantitative estimate of drug-likeness (QED) is 0.410. The molecule has 0 aromatic heterocycles. The van der Waals surface area contributed by atoms with Gasteiger partial charge in [-0.15, -0.1) is 0 Å². The van der Waals surface area contributed by atoms with Crippen molar-refractivity contribution in [2.45, 2.75) is 70.8 Å². The van der Waals surface area contributed by atoms with Crippen molar-refractivity contribution in [3.8, 4) is 5.75 Å². The van der Waals surface area contributed by atoms with E-state index in [-0.39, 0.29) is 17.9 Å². The Hall–Kier alpha value is -3.08. The molecule has 1 aliphatic carbocycles. The molecule has 0 saturated heterocycles. The van der Waals surface area contributed by atoms with E-state index in [4.69, 9.17) is 4.74 Å². The number of carbonyl (C=O) groups excluding carboxylic acids is 2. The third-order valence-corrected chi connectivity index (χ3v) is 7.28. The summed E-state index contributed by atoms with van der Waals surface area (Å²) in [5.74, 6) is 0.514. The Morgan fingerprint density at radius 1 is 0.882 bits per heavy atom. The molecule has 2 aromatic rings. The van der Waals surface area contributed by atoms with E-state index in [0.29, 0.717) is 17.9 Å². The van der Waals surface area contributed by atoms with E-state index in [0.717, 1.165) is 68.5 Å². The maximum absolute atomic E-state index is 14.0. The van der Waals surface area contributed by atoms with Crippen LogP contribution in [-0.2, 0) is 16.0 Å². The number of hydrogen-bond donors (Lipinski definition) is 0. The van der Waals surface area contributed by atoms with E-state index in [9.17, 15) is 9.59 Å². The molecule has 178 valence electrons. The molecule has 5 heteroatoms. The van der Waals surface area contributed by atoms with Gasteiger partial charge in [0.15, 0.2) is 0 Å². The van der Waals surface area contributed by atoms with Gasteiger partial charge >= 0.3 is 0 Å². The van der Waals surface area contributed by atoms with Crippen molar-refractivity contribution in [1.82, 2.24) is 4.90 Å². The lowest BCUT2D eigenvalue weighted by atomic mass is 9.98. The van der Waals surface area contributed by atoms with Crippen LogP contribution in [0.15, 0.2) is 54.2 Å². The van der Waals surface area contributed by atoms with E-state index in [1.807, 2.05) is 36.4 Å². The number of imide groups is 1. The molecule has 2 heterocycles. The zero-order valence-corrected chi connectivity index (χ0v) is 20.1. The van der Waals surface area contributed by atoms with E-state index in [2.05, 4.69) is 24.0 Å². The Bertz CT molecular complexity index is 1080. The number of aryl methyl sites for hydroxylation is 1. The second-order valence-corrected chi connectivity index (χ2v) is 9.61. The molecule has 0 N–H and O–H groups in total. The molecule has 0 bridgehead atoms. The highest BCUT2D eigenvalue weighted by molar-refractivity contribution is 6.37. The number of nitrogens with zero attached hydrogens (tertiary/aromatic N) is 2. The van der Waals surface area contributed by atoms with Crippen LogP contribution in [0, 0.1) is 0 Å². The van der Waals surface area contributed by atoms with Gasteiger partial charge in [0, 0.05) is 18.3 Å². The number of para-hydroxylation sites is 1. The van der Waals surface area contributed by atoms with Crippen LogP contribution >= 0.6 is 0 Å². The Labute approximate surface area is 202 Å². The van der Waals surface area contributed by atoms with Crippen molar-refractivity contribution in [2.24, 2.45) is 0 Å². The third-order valence-electron chi connectivity index (χ3n) is 7.28. The van der Waals surface area contributed by atoms with Gasteiger partial charge in [0.25, 0.3) is 11.8 Å². The molecule has 34 heavy (non-hydrogen) atoms. The largest absolute Gasteiger partial charge is 0.494 e. The Morgan fingerprint density at radius 3 is 2.35 bits per heavy atom. The lowest BCUT2D eigenvalue weighted by Gasteiger charge is -2.33. The highest BCUT2D eigenvalue weighted by atomic mass is 16.5. The molecule has 2 aliphatic heterocycles. The molecule has 0 radical (unpaired) electrons. The average molecular weight is 459 g/mol. The van der Waals surface area contributed by atoms with Crippen molar-refractivity contribution in [2.75, 3.05) is 18.1 Å². The molecule has 5 nitrogen and oxygen atoms in total. The molecule has 1 saturated carbocycles. The Morgan fingerprint density at radius 2 is 1.62 bits per heavy atom. The number of hydrogen-bond acceptors (Lipinski definition) is 4. The average Bonchev–Trinajstić information content (AvgIpc) is 3.02. The van der Waals surface area contributed by atoms with Gasteiger partial charge in [-0.3, -0.25) is 14.5 Å². The van der Waals surface area contributed by atoms with Crippen LogP contribution in [0.5, 0.6) is 5.75 Å². The summed E-state index contributed by atoms with van der Waals surface area (Å²) in [5.41, 5.74) is 4.15. The number of anilines is 1. The molecule has 0 spiro atoms. The van der Waals surface area contributed by atoms with Crippen LogP contribution < -0.4 is 9.64 Å². The fourth-order valence-electron chi connectivity index (χ4n) is 5.60. The van der Waals surface area contributed by atoms with Crippen LogP contribution in [0.1, 0.15) is 69.4 Å². The third kappa shape index (κ3) is 4.24. The zero-order chi connectivity index (χ0) is 23.5. The van der Waals surface area contributed by atoms with Gasteiger partial charge in [-0.05, 0) is 61.4 Å². The SMILES string of the molecule is CCCOc1ccc(C2=C(N3CCCc4ccccc43)C(=O)N(C3CCCCCC3)C2=O)cc1. The number of carbonyl (C=O) groups is 2. The molecule has 5 rings (SSSR count). The predicted octanol–water partition coefficient (Wildman–Crippen LogP) is 5.73. The van der Waals surface area contributed by atoms with E-state index < -0.39 is 0 Å². The van der Waals surface area contributed by atoms with E-state index in [1.165, 1.54) is 18.4 Å². The smallest absolute Gasteiger partial charge is 0.278 e. The van der Waals surface area contributed by atoms with Crippen molar-refractivity contribution in [3.05, 3.63) is 65.4 Å². The molecule has 2 amide bonds. The Balaban J connectivity index is 1.58.